The standard InChI is InChI=1S/C18H27N3O3/c1-4-5-6-12-21(15(3)23)13-11-18(24)20-17-9-7-16(8-10-17)19-14(2)22/h7-10H,4-6,11-13H2,1-3H3,(H,19,22)(H,20,24). The number of nitrogens with zero attached hydrogens (tertiary/aromatic N) is 1. The molecule has 0 radical (unpaired) electrons. The number of carbonyl (C=O) groups excluding carboxylic acids is 3. The van der Waals surface area contributed by atoms with Gasteiger partial charge in [0.25, 0.3) is 0 Å². The highest BCUT2D eigenvalue weighted by Gasteiger charge is 2.11. The Hall–Kier alpha value is -2.37. The maximum absolute atomic E-state index is 12.0. The van der Waals surface area contributed by atoms with Gasteiger partial charge in [0.2, 0.25) is 17.7 Å². The van der Waals surface area contributed by atoms with Crippen LogP contribution < -0.4 is 10.6 Å². The summed E-state index contributed by atoms with van der Waals surface area (Å²) in [6.07, 6.45) is 3.40. The molecule has 6 nitrogen and oxygen atoms in total. The van der Waals surface area contributed by atoms with E-state index in [0.717, 1.165) is 19.3 Å². The van der Waals surface area contributed by atoms with E-state index >= 15 is 0 Å². The molecule has 1 aromatic carbocycles. The Morgan fingerprint density at radius 3 is 2.00 bits per heavy atom. The Kier molecular flexibility index (Phi) is 8.54. The molecule has 0 saturated heterocycles. The molecule has 0 heterocycles. The van der Waals surface area contributed by atoms with Gasteiger partial charge in [-0.25, -0.2) is 0 Å². The number of benzene rings is 1. The van der Waals surface area contributed by atoms with Crippen molar-refractivity contribution < 1.29 is 14.4 Å². The van der Waals surface area contributed by atoms with E-state index in [1.54, 1.807) is 29.2 Å². The Balaban J connectivity index is 2.44. The zero-order valence-electron chi connectivity index (χ0n) is 14.7. The van der Waals surface area contributed by atoms with E-state index in [0.29, 0.717) is 24.5 Å². The lowest BCUT2D eigenvalue weighted by molar-refractivity contribution is -0.129. The first-order valence-electron chi connectivity index (χ1n) is 8.35. The predicted molar refractivity (Wildman–Crippen MR) is 95.8 cm³/mol. The third kappa shape index (κ3) is 7.76. The smallest absolute Gasteiger partial charge is 0.226 e. The van der Waals surface area contributed by atoms with E-state index in [9.17, 15) is 14.4 Å². The van der Waals surface area contributed by atoms with Crippen LogP contribution in [0.25, 0.3) is 0 Å². The molecule has 0 bridgehead atoms. The highest BCUT2D eigenvalue weighted by molar-refractivity contribution is 5.92. The maximum Gasteiger partial charge on any atom is 0.226 e. The van der Waals surface area contributed by atoms with Gasteiger partial charge in [-0.3, -0.25) is 14.4 Å². The van der Waals surface area contributed by atoms with Crippen molar-refractivity contribution >= 4 is 29.1 Å². The van der Waals surface area contributed by atoms with Gasteiger partial charge in [0.05, 0.1) is 0 Å². The molecule has 0 aliphatic carbocycles. The van der Waals surface area contributed by atoms with Gasteiger partial charge in [-0.05, 0) is 30.7 Å². The van der Waals surface area contributed by atoms with Gasteiger partial charge < -0.3 is 15.5 Å². The fourth-order valence-corrected chi connectivity index (χ4v) is 2.28. The zero-order chi connectivity index (χ0) is 17.9. The van der Waals surface area contributed by atoms with Crippen molar-refractivity contribution in [1.29, 1.82) is 0 Å². The SMILES string of the molecule is CCCCCN(CCC(=O)Nc1ccc(NC(C)=O)cc1)C(C)=O. The number of nitrogens with one attached hydrogen (secondary N) is 2. The van der Waals surface area contributed by atoms with Gasteiger partial charge in [0, 0.05) is 44.7 Å². The van der Waals surface area contributed by atoms with Crippen LogP contribution in [-0.4, -0.2) is 35.7 Å². The molecule has 1 aromatic rings. The van der Waals surface area contributed by atoms with Crippen molar-refractivity contribution in [2.75, 3.05) is 23.7 Å². The molecular formula is C18H27N3O3. The minimum Gasteiger partial charge on any atom is -0.342 e. The lowest BCUT2D eigenvalue weighted by Gasteiger charge is -2.20. The normalized spacial score (nSPS) is 10.1. The summed E-state index contributed by atoms with van der Waals surface area (Å²) >= 11 is 0. The molecule has 0 atom stereocenters. The Labute approximate surface area is 143 Å². The van der Waals surface area contributed by atoms with Gasteiger partial charge in [-0.1, -0.05) is 19.8 Å². The van der Waals surface area contributed by atoms with Crippen molar-refractivity contribution in [2.24, 2.45) is 0 Å². The molecule has 0 spiro atoms. The van der Waals surface area contributed by atoms with Crippen molar-refractivity contribution in [3.8, 4) is 0 Å². The molecule has 0 saturated carbocycles. The first-order valence-corrected chi connectivity index (χ1v) is 8.35. The van der Waals surface area contributed by atoms with Crippen LogP contribution in [0.5, 0.6) is 0 Å². The average Bonchev–Trinajstić information content (AvgIpc) is 2.51. The minimum absolute atomic E-state index is 0.00133. The van der Waals surface area contributed by atoms with Gasteiger partial charge in [-0.15, -0.1) is 0 Å². The lowest BCUT2D eigenvalue weighted by atomic mass is 10.2. The number of rotatable bonds is 9. The van der Waals surface area contributed by atoms with Crippen molar-refractivity contribution in [2.45, 2.75) is 46.5 Å². The van der Waals surface area contributed by atoms with E-state index in [4.69, 9.17) is 0 Å². The van der Waals surface area contributed by atoms with Crippen molar-refractivity contribution in [3.05, 3.63) is 24.3 Å². The van der Waals surface area contributed by atoms with Gasteiger partial charge >= 0.3 is 0 Å². The van der Waals surface area contributed by atoms with Crippen LogP contribution in [0.1, 0.15) is 46.5 Å². The summed E-state index contributed by atoms with van der Waals surface area (Å²) in [4.78, 5) is 36.3. The number of anilines is 2. The van der Waals surface area contributed by atoms with E-state index in [1.165, 1.54) is 13.8 Å². The second-order valence-electron chi connectivity index (χ2n) is 5.77. The van der Waals surface area contributed by atoms with Crippen molar-refractivity contribution in [3.63, 3.8) is 0 Å². The molecule has 0 aliphatic rings. The molecule has 6 heteroatoms. The van der Waals surface area contributed by atoms with Crippen molar-refractivity contribution in [1.82, 2.24) is 4.90 Å². The topological polar surface area (TPSA) is 78.5 Å². The molecule has 0 aromatic heterocycles. The lowest BCUT2D eigenvalue weighted by Crippen LogP contribution is -2.32. The summed E-state index contributed by atoms with van der Waals surface area (Å²) in [5, 5.41) is 5.46. The molecule has 1 rings (SSSR count). The van der Waals surface area contributed by atoms with E-state index in [2.05, 4.69) is 17.6 Å². The van der Waals surface area contributed by atoms with E-state index < -0.39 is 0 Å². The van der Waals surface area contributed by atoms with Crippen LogP contribution in [-0.2, 0) is 14.4 Å². The van der Waals surface area contributed by atoms with E-state index in [-0.39, 0.29) is 24.1 Å². The first kappa shape index (κ1) is 19.7. The Morgan fingerprint density at radius 2 is 1.50 bits per heavy atom. The fourth-order valence-electron chi connectivity index (χ4n) is 2.28. The summed E-state index contributed by atoms with van der Waals surface area (Å²) < 4.78 is 0. The summed E-state index contributed by atoms with van der Waals surface area (Å²) in [7, 11) is 0. The van der Waals surface area contributed by atoms with Gasteiger partial charge in [0.1, 0.15) is 0 Å². The van der Waals surface area contributed by atoms with Crippen LogP contribution in [0, 0.1) is 0 Å². The van der Waals surface area contributed by atoms with Crippen LogP contribution in [0.4, 0.5) is 11.4 Å². The van der Waals surface area contributed by atoms with Gasteiger partial charge in [-0.2, -0.15) is 0 Å². The quantitative estimate of drug-likeness (QED) is 0.682. The minimum atomic E-state index is -0.140. The third-order valence-corrected chi connectivity index (χ3v) is 3.57. The Bertz CT molecular complexity index is 555. The maximum atomic E-state index is 12.0. The molecule has 132 valence electrons. The second-order valence-corrected chi connectivity index (χ2v) is 5.77. The molecule has 0 fully saturated rings. The van der Waals surface area contributed by atoms with Crippen LogP contribution in [0.3, 0.4) is 0 Å². The molecule has 0 aliphatic heterocycles. The highest BCUT2D eigenvalue weighted by Crippen LogP contribution is 2.13. The van der Waals surface area contributed by atoms with Crippen LogP contribution in [0.15, 0.2) is 24.3 Å². The third-order valence-electron chi connectivity index (χ3n) is 3.57. The zero-order valence-corrected chi connectivity index (χ0v) is 14.7. The number of hydrogen-bond donors (Lipinski definition) is 2. The molecular weight excluding hydrogens is 306 g/mol. The number of carbonyl (C=O) groups is 3. The first-order chi connectivity index (χ1) is 11.4. The van der Waals surface area contributed by atoms with Gasteiger partial charge in [0.15, 0.2) is 0 Å². The number of unbranched alkanes of at least 4 members (excludes halogenated alkanes) is 2. The number of amides is 3. The molecule has 0 unspecified atom stereocenters. The monoisotopic (exact) mass is 333 g/mol. The summed E-state index contributed by atoms with van der Waals surface area (Å²) in [6.45, 7) is 6.21. The predicted octanol–water partition coefficient (Wildman–Crippen LogP) is 3.01. The molecule has 2 N–H and O–H groups in total. The van der Waals surface area contributed by atoms with Crippen LogP contribution in [0.2, 0.25) is 0 Å². The Morgan fingerprint density at radius 1 is 0.917 bits per heavy atom. The summed E-state index contributed by atoms with van der Waals surface area (Å²) in [5.74, 6) is -0.276. The molecule has 24 heavy (non-hydrogen) atoms. The number of hydrogen-bond acceptors (Lipinski definition) is 3. The molecule has 3 amide bonds. The average molecular weight is 333 g/mol. The summed E-state index contributed by atoms with van der Waals surface area (Å²) in [5.41, 5.74) is 1.34. The second kappa shape index (κ2) is 10.4. The highest BCUT2D eigenvalue weighted by atomic mass is 16.2. The summed E-state index contributed by atoms with van der Waals surface area (Å²) in [6, 6.07) is 6.91. The largest absolute Gasteiger partial charge is 0.342 e. The van der Waals surface area contributed by atoms with Crippen LogP contribution >= 0.6 is 0 Å². The van der Waals surface area contributed by atoms with E-state index in [1.807, 2.05) is 0 Å². The fraction of sp³-hybridized carbons (Fsp3) is 0.500.